The lowest BCUT2D eigenvalue weighted by Gasteiger charge is -2.39. The van der Waals surface area contributed by atoms with E-state index in [1.165, 1.54) is 17.1 Å². The average Bonchev–Trinajstić information content (AvgIpc) is 2.95. The molecule has 0 radical (unpaired) electrons. The zero-order chi connectivity index (χ0) is 16.1. The van der Waals surface area contributed by atoms with Gasteiger partial charge < -0.3 is 10.2 Å². The molecule has 0 aromatic carbocycles. The molecule has 1 aromatic rings. The summed E-state index contributed by atoms with van der Waals surface area (Å²) in [6, 6.07) is 0.0837. The van der Waals surface area contributed by atoms with Gasteiger partial charge in [0.05, 0.1) is 23.7 Å². The van der Waals surface area contributed by atoms with Crippen LogP contribution >= 0.6 is 0 Å². The van der Waals surface area contributed by atoms with Gasteiger partial charge in [-0.15, -0.1) is 0 Å². The fourth-order valence-electron chi connectivity index (χ4n) is 3.04. The number of β-amino-alcohol motifs (C(OH)–C–C–N with tert-alkyl or cyclic N) is 1. The Morgan fingerprint density at radius 1 is 1.45 bits per heavy atom. The van der Waals surface area contributed by atoms with E-state index in [1.807, 2.05) is 6.92 Å². The highest BCUT2D eigenvalue weighted by molar-refractivity contribution is 5.20. The summed E-state index contributed by atoms with van der Waals surface area (Å²) < 4.78 is 1.39. The fourth-order valence-corrected chi connectivity index (χ4v) is 3.04. The molecule has 1 saturated heterocycles. The fraction of sp³-hybridized carbons (Fsp3) is 0.786. The van der Waals surface area contributed by atoms with E-state index in [9.17, 15) is 20.3 Å². The molecule has 1 fully saturated rings. The molecular formula is C14H24N4O4. The van der Waals surface area contributed by atoms with Crippen LogP contribution in [0, 0.1) is 10.1 Å². The van der Waals surface area contributed by atoms with Gasteiger partial charge in [-0.2, -0.15) is 5.10 Å². The quantitative estimate of drug-likeness (QED) is 0.569. The first-order chi connectivity index (χ1) is 10.5. The first-order valence-electron chi connectivity index (χ1n) is 7.78. The third-order valence-corrected chi connectivity index (χ3v) is 4.20. The van der Waals surface area contributed by atoms with Crippen molar-refractivity contribution >= 4 is 5.69 Å². The van der Waals surface area contributed by atoms with E-state index in [4.69, 9.17) is 0 Å². The summed E-state index contributed by atoms with van der Waals surface area (Å²) in [5.74, 6) is 0. The van der Waals surface area contributed by atoms with E-state index in [0.29, 0.717) is 13.0 Å². The van der Waals surface area contributed by atoms with Crippen molar-refractivity contribution in [3.05, 3.63) is 22.5 Å². The van der Waals surface area contributed by atoms with Crippen LogP contribution in [0.1, 0.15) is 32.6 Å². The molecule has 1 aromatic heterocycles. The molecule has 3 atom stereocenters. The Kier molecular flexibility index (Phi) is 5.87. The van der Waals surface area contributed by atoms with Gasteiger partial charge in [0.15, 0.2) is 0 Å². The van der Waals surface area contributed by atoms with Crippen LogP contribution in [0.3, 0.4) is 0 Å². The highest BCUT2D eigenvalue weighted by Gasteiger charge is 2.29. The van der Waals surface area contributed by atoms with Gasteiger partial charge in [0.1, 0.15) is 12.4 Å². The van der Waals surface area contributed by atoms with Crippen LogP contribution in [0.5, 0.6) is 0 Å². The Bertz CT molecular complexity index is 493. The molecule has 124 valence electrons. The normalized spacial score (nSPS) is 22.4. The average molecular weight is 312 g/mol. The zero-order valence-corrected chi connectivity index (χ0v) is 12.8. The topological polar surface area (TPSA) is 105 Å². The predicted octanol–water partition coefficient (Wildman–Crippen LogP) is 0.778. The van der Waals surface area contributed by atoms with Crippen molar-refractivity contribution in [1.29, 1.82) is 0 Å². The van der Waals surface area contributed by atoms with Crippen molar-refractivity contribution in [3.63, 3.8) is 0 Å². The van der Waals surface area contributed by atoms with E-state index in [0.717, 1.165) is 25.8 Å². The molecule has 3 unspecified atom stereocenters. The lowest BCUT2D eigenvalue weighted by molar-refractivity contribution is -0.385. The number of hydrogen-bond donors (Lipinski definition) is 2. The van der Waals surface area contributed by atoms with Gasteiger partial charge in [0, 0.05) is 12.6 Å². The monoisotopic (exact) mass is 312 g/mol. The van der Waals surface area contributed by atoms with E-state index in [2.05, 4.69) is 10.00 Å². The van der Waals surface area contributed by atoms with Crippen LogP contribution in [0.15, 0.2) is 12.4 Å². The number of likely N-dealkylation sites (tertiary alicyclic amines) is 1. The number of nitrogens with zero attached hydrogens (tertiary/aromatic N) is 4. The van der Waals surface area contributed by atoms with Crippen LogP contribution in [-0.4, -0.2) is 61.2 Å². The van der Waals surface area contributed by atoms with Crippen molar-refractivity contribution in [2.75, 3.05) is 13.1 Å². The van der Waals surface area contributed by atoms with Crippen LogP contribution in [0.2, 0.25) is 0 Å². The second-order valence-corrected chi connectivity index (χ2v) is 5.87. The molecule has 8 nitrogen and oxygen atoms in total. The van der Waals surface area contributed by atoms with Crippen LogP contribution < -0.4 is 0 Å². The van der Waals surface area contributed by atoms with Gasteiger partial charge in [-0.25, -0.2) is 0 Å². The van der Waals surface area contributed by atoms with Gasteiger partial charge in [-0.1, -0.05) is 13.3 Å². The summed E-state index contributed by atoms with van der Waals surface area (Å²) in [4.78, 5) is 12.2. The number of rotatable bonds is 7. The maximum Gasteiger partial charge on any atom is 0.306 e. The molecule has 1 aliphatic rings. The second kappa shape index (κ2) is 7.66. The third kappa shape index (κ3) is 4.25. The molecule has 0 saturated carbocycles. The molecule has 2 heterocycles. The Morgan fingerprint density at radius 2 is 2.23 bits per heavy atom. The van der Waals surface area contributed by atoms with Gasteiger partial charge in [0.2, 0.25) is 0 Å². The number of aliphatic hydroxyl groups is 2. The molecule has 0 aliphatic carbocycles. The summed E-state index contributed by atoms with van der Waals surface area (Å²) in [5, 5.41) is 34.8. The first-order valence-corrected chi connectivity index (χ1v) is 7.78. The molecule has 0 spiro atoms. The van der Waals surface area contributed by atoms with E-state index < -0.39 is 11.0 Å². The lowest BCUT2D eigenvalue weighted by atomic mass is 9.95. The van der Waals surface area contributed by atoms with Gasteiger partial charge in [-0.05, 0) is 25.8 Å². The molecular weight excluding hydrogens is 288 g/mol. The highest BCUT2D eigenvalue weighted by Crippen LogP contribution is 2.21. The number of aromatic nitrogens is 2. The summed E-state index contributed by atoms with van der Waals surface area (Å²) in [6.45, 7) is 3.46. The van der Waals surface area contributed by atoms with Crippen LogP contribution in [0.4, 0.5) is 5.69 Å². The Labute approximate surface area is 129 Å². The molecule has 1 aliphatic heterocycles. The lowest BCUT2D eigenvalue weighted by Crippen LogP contribution is -2.49. The maximum atomic E-state index is 10.6. The number of aliphatic hydroxyl groups excluding tert-OH is 2. The summed E-state index contributed by atoms with van der Waals surface area (Å²) in [5.41, 5.74) is -0.0792. The zero-order valence-electron chi connectivity index (χ0n) is 12.8. The Hall–Kier alpha value is -1.51. The summed E-state index contributed by atoms with van der Waals surface area (Å²) >= 11 is 0. The molecule has 2 N–H and O–H groups in total. The standard InChI is InChI=1S/C14H24N4O4/c1-2-14(20)13-5-3-4-6-16(13)9-12(19)10-17-8-11(7-15-17)18(21)22/h7-8,12-14,19-20H,2-6,9-10H2,1H3. The third-order valence-electron chi connectivity index (χ3n) is 4.20. The second-order valence-electron chi connectivity index (χ2n) is 5.87. The predicted molar refractivity (Wildman–Crippen MR) is 80.4 cm³/mol. The van der Waals surface area contributed by atoms with Crippen molar-refractivity contribution in [3.8, 4) is 0 Å². The van der Waals surface area contributed by atoms with Gasteiger partial charge in [-0.3, -0.25) is 19.7 Å². The van der Waals surface area contributed by atoms with Crippen molar-refractivity contribution in [2.45, 2.75) is 57.4 Å². The SMILES string of the molecule is CCC(O)C1CCCCN1CC(O)Cn1cc([N+](=O)[O-])cn1. The highest BCUT2D eigenvalue weighted by atomic mass is 16.6. The van der Waals surface area contributed by atoms with E-state index in [-0.39, 0.29) is 24.4 Å². The van der Waals surface area contributed by atoms with Crippen molar-refractivity contribution in [2.24, 2.45) is 0 Å². The largest absolute Gasteiger partial charge is 0.392 e. The minimum Gasteiger partial charge on any atom is -0.392 e. The van der Waals surface area contributed by atoms with Crippen molar-refractivity contribution in [1.82, 2.24) is 14.7 Å². The molecule has 22 heavy (non-hydrogen) atoms. The molecule has 2 rings (SSSR count). The summed E-state index contributed by atoms with van der Waals surface area (Å²) in [7, 11) is 0. The molecule has 8 heteroatoms. The van der Waals surface area contributed by atoms with Crippen molar-refractivity contribution < 1.29 is 15.1 Å². The minimum atomic E-state index is -0.677. The van der Waals surface area contributed by atoms with Crippen LogP contribution in [-0.2, 0) is 6.54 Å². The minimum absolute atomic E-state index is 0.0792. The van der Waals surface area contributed by atoms with Crippen LogP contribution in [0.25, 0.3) is 0 Å². The van der Waals surface area contributed by atoms with Gasteiger partial charge >= 0.3 is 5.69 Å². The Balaban J connectivity index is 1.91. The Morgan fingerprint density at radius 3 is 2.86 bits per heavy atom. The number of nitro groups is 1. The van der Waals surface area contributed by atoms with E-state index >= 15 is 0 Å². The summed E-state index contributed by atoms with van der Waals surface area (Å²) in [6.07, 6.45) is 5.24. The number of hydrogen-bond acceptors (Lipinski definition) is 6. The number of piperidine rings is 1. The maximum absolute atomic E-state index is 10.6. The van der Waals surface area contributed by atoms with E-state index in [1.54, 1.807) is 0 Å². The molecule has 0 amide bonds. The first kappa shape index (κ1) is 16.9. The van der Waals surface area contributed by atoms with Gasteiger partial charge in [0.25, 0.3) is 0 Å². The molecule has 0 bridgehead atoms. The smallest absolute Gasteiger partial charge is 0.306 e.